The molecule has 150 valence electrons. The zero-order valence-electron chi connectivity index (χ0n) is 16.2. The first-order valence-electron chi connectivity index (χ1n) is 8.77. The standard InChI is InChI=1S/C18H27N3O5S/c1-14-18(23)20(12-15-6-8-16(26-4)9-7-15)13-17(22)21(14)10-5-11-27(24,25)19(2)3/h6-9,14H,5,10-13H2,1-4H3/t14-/m0/s1. The molecule has 1 aromatic rings. The van der Waals surface area contributed by atoms with Gasteiger partial charge in [0.05, 0.1) is 12.9 Å². The summed E-state index contributed by atoms with van der Waals surface area (Å²) in [6.45, 7) is 2.27. The zero-order valence-corrected chi connectivity index (χ0v) is 17.0. The van der Waals surface area contributed by atoms with Crippen molar-refractivity contribution in [3.63, 3.8) is 0 Å². The van der Waals surface area contributed by atoms with E-state index in [1.165, 1.54) is 23.9 Å². The van der Waals surface area contributed by atoms with Crippen molar-refractivity contribution in [2.75, 3.05) is 40.0 Å². The quantitative estimate of drug-likeness (QED) is 0.639. The molecular formula is C18H27N3O5S. The van der Waals surface area contributed by atoms with Crippen LogP contribution in [0.5, 0.6) is 5.75 Å². The van der Waals surface area contributed by atoms with Crippen LogP contribution in [0.1, 0.15) is 18.9 Å². The Morgan fingerprint density at radius 2 is 1.81 bits per heavy atom. The number of carbonyl (C=O) groups excluding carboxylic acids is 2. The van der Waals surface area contributed by atoms with Gasteiger partial charge in [0.15, 0.2) is 0 Å². The molecule has 1 aliphatic heterocycles. The van der Waals surface area contributed by atoms with Gasteiger partial charge in [0.25, 0.3) is 0 Å². The van der Waals surface area contributed by atoms with E-state index in [0.29, 0.717) is 13.0 Å². The molecule has 0 N–H and O–H groups in total. The van der Waals surface area contributed by atoms with Gasteiger partial charge in [-0.3, -0.25) is 9.59 Å². The summed E-state index contributed by atoms with van der Waals surface area (Å²) >= 11 is 0. The first-order valence-corrected chi connectivity index (χ1v) is 10.4. The second-order valence-corrected chi connectivity index (χ2v) is 9.06. The van der Waals surface area contributed by atoms with Gasteiger partial charge in [-0.2, -0.15) is 0 Å². The molecule has 0 aliphatic carbocycles. The Hall–Kier alpha value is -2.13. The largest absolute Gasteiger partial charge is 0.497 e. The Bertz CT molecular complexity index is 777. The molecular weight excluding hydrogens is 370 g/mol. The number of piperazine rings is 1. The Morgan fingerprint density at radius 1 is 1.19 bits per heavy atom. The minimum atomic E-state index is -3.31. The molecule has 1 saturated heterocycles. The lowest BCUT2D eigenvalue weighted by atomic mass is 10.1. The van der Waals surface area contributed by atoms with Gasteiger partial charge in [0.1, 0.15) is 18.3 Å². The Morgan fingerprint density at radius 3 is 2.37 bits per heavy atom. The van der Waals surface area contributed by atoms with Gasteiger partial charge in [-0.05, 0) is 31.0 Å². The molecule has 2 rings (SSSR count). The van der Waals surface area contributed by atoms with E-state index in [-0.39, 0.29) is 30.7 Å². The van der Waals surface area contributed by atoms with E-state index < -0.39 is 16.1 Å². The lowest BCUT2D eigenvalue weighted by Gasteiger charge is -2.38. The molecule has 0 aromatic heterocycles. The average molecular weight is 397 g/mol. The van der Waals surface area contributed by atoms with E-state index in [9.17, 15) is 18.0 Å². The van der Waals surface area contributed by atoms with Gasteiger partial charge in [0.2, 0.25) is 21.8 Å². The van der Waals surface area contributed by atoms with Crippen molar-refractivity contribution in [1.82, 2.24) is 14.1 Å². The summed E-state index contributed by atoms with van der Waals surface area (Å²) in [6, 6.07) is 6.74. The predicted molar refractivity (Wildman–Crippen MR) is 102 cm³/mol. The molecule has 1 fully saturated rings. The molecule has 0 spiro atoms. The van der Waals surface area contributed by atoms with E-state index in [1.54, 1.807) is 14.0 Å². The number of hydrogen-bond donors (Lipinski definition) is 0. The van der Waals surface area contributed by atoms with Crippen molar-refractivity contribution in [2.45, 2.75) is 25.9 Å². The third-order valence-electron chi connectivity index (χ3n) is 4.67. The van der Waals surface area contributed by atoms with E-state index >= 15 is 0 Å². The number of benzene rings is 1. The van der Waals surface area contributed by atoms with Crippen LogP contribution < -0.4 is 4.74 Å². The Labute approximate surface area is 160 Å². The van der Waals surface area contributed by atoms with Crippen LogP contribution in [0, 0.1) is 0 Å². The highest BCUT2D eigenvalue weighted by Gasteiger charge is 2.36. The second-order valence-electron chi connectivity index (χ2n) is 6.76. The highest BCUT2D eigenvalue weighted by molar-refractivity contribution is 7.89. The molecule has 0 bridgehead atoms. The fraction of sp³-hybridized carbons (Fsp3) is 0.556. The number of nitrogens with zero attached hydrogens (tertiary/aromatic N) is 3. The summed E-state index contributed by atoms with van der Waals surface area (Å²) in [5.74, 6) is 0.367. The molecule has 9 heteroatoms. The van der Waals surface area contributed by atoms with Gasteiger partial charge in [-0.15, -0.1) is 0 Å². The number of ether oxygens (including phenoxy) is 1. The average Bonchev–Trinajstić information content (AvgIpc) is 2.62. The van der Waals surface area contributed by atoms with Gasteiger partial charge < -0.3 is 14.5 Å². The molecule has 1 heterocycles. The minimum absolute atomic E-state index is 0.00433. The zero-order chi connectivity index (χ0) is 20.2. The summed E-state index contributed by atoms with van der Waals surface area (Å²) in [4.78, 5) is 28.2. The Kier molecular flexibility index (Phi) is 6.83. The molecule has 0 radical (unpaired) electrons. The third kappa shape index (κ3) is 5.20. The summed E-state index contributed by atoms with van der Waals surface area (Å²) < 4.78 is 30.0. The summed E-state index contributed by atoms with van der Waals surface area (Å²) in [5.41, 5.74) is 0.912. The third-order valence-corrected chi connectivity index (χ3v) is 6.59. The maximum absolute atomic E-state index is 12.7. The lowest BCUT2D eigenvalue weighted by molar-refractivity contribution is -0.155. The van der Waals surface area contributed by atoms with Crippen molar-refractivity contribution in [3.8, 4) is 5.75 Å². The summed E-state index contributed by atoms with van der Waals surface area (Å²) in [7, 11) is 1.22. The lowest BCUT2D eigenvalue weighted by Crippen LogP contribution is -2.58. The number of rotatable bonds is 8. The highest BCUT2D eigenvalue weighted by atomic mass is 32.2. The maximum Gasteiger partial charge on any atom is 0.245 e. The van der Waals surface area contributed by atoms with Crippen molar-refractivity contribution >= 4 is 21.8 Å². The van der Waals surface area contributed by atoms with Crippen molar-refractivity contribution < 1.29 is 22.7 Å². The van der Waals surface area contributed by atoms with E-state index in [2.05, 4.69) is 0 Å². The van der Waals surface area contributed by atoms with Crippen LogP contribution in [-0.4, -0.2) is 80.4 Å². The van der Waals surface area contributed by atoms with E-state index in [1.807, 2.05) is 24.3 Å². The predicted octanol–water partition coefficient (Wildman–Crippen LogP) is 0.536. The molecule has 1 atom stereocenters. The van der Waals surface area contributed by atoms with Crippen LogP contribution in [0.2, 0.25) is 0 Å². The topological polar surface area (TPSA) is 87.2 Å². The molecule has 0 unspecified atom stereocenters. The highest BCUT2D eigenvalue weighted by Crippen LogP contribution is 2.18. The molecule has 8 nitrogen and oxygen atoms in total. The maximum atomic E-state index is 12.7. The first-order chi connectivity index (χ1) is 12.7. The second kappa shape index (κ2) is 8.71. The first kappa shape index (κ1) is 21.2. The van der Waals surface area contributed by atoms with Crippen LogP contribution in [-0.2, 0) is 26.2 Å². The number of hydrogen-bond acceptors (Lipinski definition) is 5. The Balaban J connectivity index is 1.96. The molecule has 2 amide bonds. The van der Waals surface area contributed by atoms with Crippen LogP contribution in [0.25, 0.3) is 0 Å². The van der Waals surface area contributed by atoms with Gasteiger partial charge >= 0.3 is 0 Å². The SMILES string of the molecule is COc1ccc(CN2CC(=O)N(CCCS(=O)(=O)N(C)C)[C@@H](C)C2=O)cc1. The molecule has 1 aliphatic rings. The minimum Gasteiger partial charge on any atom is -0.497 e. The van der Waals surface area contributed by atoms with Crippen LogP contribution >= 0.6 is 0 Å². The van der Waals surface area contributed by atoms with Gasteiger partial charge in [0, 0.05) is 27.2 Å². The number of sulfonamides is 1. The van der Waals surface area contributed by atoms with Crippen molar-refractivity contribution in [2.24, 2.45) is 0 Å². The molecule has 27 heavy (non-hydrogen) atoms. The fourth-order valence-corrected chi connectivity index (χ4v) is 3.81. The number of amides is 2. The molecule has 1 aromatic carbocycles. The molecule has 0 saturated carbocycles. The normalized spacial score (nSPS) is 18.3. The van der Waals surface area contributed by atoms with Crippen molar-refractivity contribution in [3.05, 3.63) is 29.8 Å². The number of methoxy groups -OCH3 is 1. The van der Waals surface area contributed by atoms with E-state index in [4.69, 9.17) is 4.74 Å². The summed E-state index contributed by atoms with van der Waals surface area (Å²) in [5, 5.41) is 0. The fourth-order valence-electron chi connectivity index (χ4n) is 2.95. The van der Waals surface area contributed by atoms with Crippen molar-refractivity contribution in [1.29, 1.82) is 0 Å². The van der Waals surface area contributed by atoms with E-state index in [0.717, 1.165) is 15.6 Å². The van der Waals surface area contributed by atoms with Gasteiger partial charge in [-0.1, -0.05) is 12.1 Å². The summed E-state index contributed by atoms with van der Waals surface area (Å²) in [6.07, 6.45) is 0.294. The van der Waals surface area contributed by atoms with Crippen LogP contribution in [0.15, 0.2) is 24.3 Å². The smallest absolute Gasteiger partial charge is 0.245 e. The monoisotopic (exact) mass is 397 g/mol. The van der Waals surface area contributed by atoms with Crippen LogP contribution in [0.4, 0.5) is 0 Å². The number of carbonyl (C=O) groups is 2. The van der Waals surface area contributed by atoms with Crippen LogP contribution in [0.3, 0.4) is 0 Å². The van der Waals surface area contributed by atoms with Gasteiger partial charge in [-0.25, -0.2) is 12.7 Å².